The van der Waals surface area contributed by atoms with Crippen molar-refractivity contribution in [3.8, 4) is 0 Å². The van der Waals surface area contributed by atoms with E-state index in [1.54, 1.807) is 12.1 Å². The van der Waals surface area contributed by atoms with Crippen LogP contribution in [0, 0.1) is 6.92 Å². The minimum absolute atomic E-state index is 0.258. The Labute approximate surface area is 140 Å². The van der Waals surface area contributed by atoms with Crippen molar-refractivity contribution >= 4 is 28.2 Å². The summed E-state index contributed by atoms with van der Waals surface area (Å²) < 4.78 is 5.13. The lowest BCUT2D eigenvalue weighted by molar-refractivity contribution is 0.0996. The summed E-state index contributed by atoms with van der Waals surface area (Å²) in [6, 6.07) is 11.4. The number of hydrogen-bond acceptors (Lipinski definition) is 4. The third-order valence-electron chi connectivity index (χ3n) is 4.37. The Hall–Kier alpha value is -2.82. The summed E-state index contributed by atoms with van der Waals surface area (Å²) in [6.07, 6.45) is 3.96. The van der Waals surface area contributed by atoms with Gasteiger partial charge in [-0.05, 0) is 56.2 Å². The van der Waals surface area contributed by atoms with Gasteiger partial charge in [0.1, 0.15) is 0 Å². The van der Waals surface area contributed by atoms with Crippen LogP contribution in [0.15, 0.2) is 47.1 Å². The Balaban J connectivity index is 1.69. The Morgan fingerprint density at radius 3 is 2.79 bits per heavy atom. The monoisotopic (exact) mass is 321 g/mol. The van der Waals surface area contributed by atoms with Crippen LogP contribution in [-0.2, 0) is 0 Å². The van der Waals surface area contributed by atoms with Gasteiger partial charge in [0, 0.05) is 35.5 Å². The number of benzene rings is 1. The van der Waals surface area contributed by atoms with E-state index in [9.17, 15) is 4.79 Å². The van der Waals surface area contributed by atoms with Gasteiger partial charge in [0.25, 0.3) is 5.91 Å². The standard InChI is InChI=1S/C19H19N3O2/c1-13-11-17(22-8-2-3-9-22)15-7-6-14(12-16(15)20-13)21-19(23)18-5-4-10-24-18/h4-7,10-12H,2-3,8-9H2,1H3,(H,21,23). The molecule has 0 radical (unpaired) electrons. The van der Waals surface area contributed by atoms with E-state index < -0.39 is 0 Å². The van der Waals surface area contributed by atoms with Gasteiger partial charge in [-0.25, -0.2) is 0 Å². The summed E-state index contributed by atoms with van der Waals surface area (Å²) in [7, 11) is 0. The van der Waals surface area contributed by atoms with E-state index in [2.05, 4.69) is 21.3 Å². The van der Waals surface area contributed by atoms with Crippen molar-refractivity contribution in [2.24, 2.45) is 0 Å². The van der Waals surface area contributed by atoms with Gasteiger partial charge < -0.3 is 14.6 Å². The van der Waals surface area contributed by atoms with Gasteiger partial charge in [0.2, 0.25) is 0 Å². The molecule has 24 heavy (non-hydrogen) atoms. The predicted octanol–water partition coefficient (Wildman–Crippen LogP) is 3.99. The zero-order valence-electron chi connectivity index (χ0n) is 13.6. The molecule has 1 fully saturated rings. The van der Waals surface area contributed by atoms with Crippen molar-refractivity contribution in [3.05, 3.63) is 54.1 Å². The molecule has 0 unspecified atom stereocenters. The Morgan fingerprint density at radius 1 is 1.21 bits per heavy atom. The highest BCUT2D eigenvalue weighted by molar-refractivity contribution is 6.04. The first-order valence-electron chi connectivity index (χ1n) is 8.22. The molecule has 1 aliphatic rings. The van der Waals surface area contributed by atoms with Crippen molar-refractivity contribution < 1.29 is 9.21 Å². The normalized spacial score (nSPS) is 14.3. The Morgan fingerprint density at radius 2 is 2.04 bits per heavy atom. The van der Waals surface area contributed by atoms with Gasteiger partial charge in [-0.15, -0.1) is 0 Å². The van der Waals surface area contributed by atoms with Crippen LogP contribution in [0.25, 0.3) is 10.9 Å². The zero-order chi connectivity index (χ0) is 16.5. The quantitative estimate of drug-likeness (QED) is 0.792. The highest BCUT2D eigenvalue weighted by atomic mass is 16.3. The molecule has 0 aliphatic carbocycles. The number of amides is 1. The van der Waals surface area contributed by atoms with E-state index in [0.29, 0.717) is 5.76 Å². The minimum atomic E-state index is -0.258. The molecule has 0 atom stereocenters. The molecule has 2 aromatic heterocycles. The van der Waals surface area contributed by atoms with Crippen LogP contribution < -0.4 is 10.2 Å². The Kier molecular flexibility index (Phi) is 3.69. The van der Waals surface area contributed by atoms with E-state index in [1.807, 2.05) is 25.1 Å². The second-order valence-electron chi connectivity index (χ2n) is 6.14. The molecule has 1 aromatic carbocycles. The van der Waals surface area contributed by atoms with Crippen molar-refractivity contribution in [3.63, 3.8) is 0 Å². The first-order chi connectivity index (χ1) is 11.7. The van der Waals surface area contributed by atoms with Crippen LogP contribution in [0.4, 0.5) is 11.4 Å². The van der Waals surface area contributed by atoms with E-state index in [-0.39, 0.29) is 5.91 Å². The summed E-state index contributed by atoms with van der Waals surface area (Å²) in [4.78, 5) is 19.2. The number of carbonyl (C=O) groups is 1. The zero-order valence-corrected chi connectivity index (χ0v) is 13.6. The third-order valence-corrected chi connectivity index (χ3v) is 4.37. The molecule has 122 valence electrons. The fourth-order valence-electron chi connectivity index (χ4n) is 3.24. The first-order valence-corrected chi connectivity index (χ1v) is 8.22. The molecule has 4 rings (SSSR count). The molecule has 5 nitrogen and oxygen atoms in total. The fraction of sp³-hybridized carbons (Fsp3) is 0.263. The maximum Gasteiger partial charge on any atom is 0.291 e. The van der Waals surface area contributed by atoms with Crippen molar-refractivity contribution in [2.75, 3.05) is 23.3 Å². The molecule has 1 N–H and O–H groups in total. The number of carbonyl (C=O) groups excluding carboxylic acids is 1. The van der Waals surface area contributed by atoms with Crippen molar-refractivity contribution in [1.29, 1.82) is 0 Å². The summed E-state index contributed by atoms with van der Waals surface area (Å²) in [5, 5.41) is 3.98. The maximum atomic E-state index is 12.1. The molecule has 1 amide bonds. The maximum absolute atomic E-state index is 12.1. The van der Waals surface area contributed by atoms with Gasteiger partial charge in [-0.1, -0.05) is 0 Å². The minimum Gasteiger partial charge on any atom is -0.459 e. The average molecular weight is 321 g/mol. The number of hydrogen-bond donors (Lipinski definition) is 1. The van der Waals surface area contributed by atoms with Crippen LogP contribution in [0.1, 0.15) is 29.1 Å². The number of aromatic nitrogens is 1. The molecule has 1 saturated heterocycles. The third kappa shape index (κ3) is 2.73. The molecule has 5 heteroatoms. The number of furan rings is 1. The molecule has 3 aromatic rings. The van der Waals surface area contributed by atoms with Crippen molar-refractivity contribution in [1.82, 2.24) is 4.98 Å². The summed E-state index contributed by atoms with van der Waals surface area (Å²) in [5.41, 5.74) is 3.83. The van der Waals surface area contributed by atoms with Crippen LogP contribution in [0.2, 0.25) is 0 Å². The summed E-state index contributed by atoms with van der Waals surface area (Å²) in [5.74, 6) is 0.0387. The number of rotatable bonds is 3. The molecule has 0 bridgehead atoms. The van der Waals surface area contributed by atoms with E-state index in [1.165, 1.54) is 24.8 Å². The number of anilines is 2. The lowest BCUT2D eigenvalue weighted by Crippen LogP contribution is -2.18. The topological polar surface area (TPSA) is 58.4 Å². The molecule has 3 heterocycles. The van der Waals surface area contributed by atoms with Crippen LogP contribution in [0.5, 0.6) is 0 Å². The lowest BCUT2D eigenvalue weighted by Gasteiger charge is -2.20. The fourth-order valence-corrected chi connectivity index (χ4v) is 3.24. The Bertz CT molecular complexity index is 881. The molecular formula is C19H19N3O2. The van der Waals surface area contributed by atoms with Crippen LogP contribution >= 0.6 is 0 Å². The van der Waals surface area contributed by atoms with Gasteiger partial charge in [-0.2, -0.15) is 0 Å². The number of aryl methyl sites for hydroxylation is 1. The van der Waals surface area contributed by atoms with E-state index >= 15 is 0 Å². The highest BCUT2D eigenvalue weighted by Crippen LogP contribution is 2.31. The second-order valence-corrected chi connectivity index (χ2v) is 6.14. The number of nitrogens with zero attached hydrogens (tertiary/aromatic N) is 2. The largest absolute Gasteiger partial charge is 0.459 e. The van der Waals surface area contributed by atoms with Gasteiger partial charge in [-0.3, -0.25) is 9.78 Å². The SMILES string of the molecule is Cc1cc(N2CCCC2)c2ccc(NC(=O)c3ccco3)cc2n1. The lowest BCUT2D eigenvalue weighted by atomic mass is 10.1. The van der Waals surface area contributed by atoms with Gasteiger partial charge in [0.15, 0.2) is 5.76 Å². The molecule has 0 spiro atoms. The predicted molar refractivity (Wildman–Crippen MR) is 94.6 cm³/mol. The summed E-state index contributed by atoms with van der Waals surface area (Å²) >= 11 is 0. The second kappa shape index (κ2) is 6.00. The van der Waals surface area contributed by atoms with Gasteiger partial charge >= 0.3 is 0 Å². The molecule has 1 aliphatic heterocycles. The average Bonchev–Trinajstić information content (AvgIpc) is 3.27. The van der Waals surface area contributed by atoms with Gasteiger partial charge in [0.05, 0.1) is 11.8 Å². The smallest absolute Gasteiger partial charge is 0.291 e. The number of nitrogens with one attached hydrogen (secondary N) is 1. The highest BCUT2D eigenvalue weighted by Gasteiger charge is 2.16. The number of fused-ring (bicyclic) bond motifs is 1. The number of pyridine rings is 1. The van der Waals surface area contributed by atoms with E-state index in [0.717, 1.165) is 35.4 Å². The van der Waals surface area contributed by atoms with Crippen LogP contribution in [-0.4, -0.2) is 24.0 Å². The first kappa shape index (κ1) is 14.8. The molecular weight excluding hydrogens is 302 g/mol. The summed E-state index contributed by atoms with van der Waals surface area (Å²) in [6.45, 7) is 4.19. The van der Waals surface area contributed by atoms with Crippen LogP contribution in [0.3, 0.4) is 0 Å². The van der Waals surface area contributed by atoms with Crippen molar-refractivity contribution in [2.45, 2.75) is 19.8 Å². The molecule has 0 saturated carbocycles. The van der Waals surface area contributed by atoms with E-state index in [4.69, 9.17) is 4.42 Å².